The van der Waals surface area contributed by atoms with Gasteiger partial charge in [0.15, 0.2) is 0 Å². The van der Waals surface area contributed by atoms with Crippen LogP contribution in [0, 0.1) is 5.92 Å². The molecule has 1 fully saturated rings. The standard InChI is InChI=1S/C15H20ClNO2/c1-2-10-3-5-11(6-4-10)17-12-7-8-13(15(18)19)14(16)9-12/h7-11,17H,2-6H2,1H3,(H,18,19). The summed E-state index contributed by atoms with van der Waals surface area (Å²) in [5.74, 6) is -0.115. The SMILES string of the molecule is CCC1CCC(Nc2ccc(C(=O)O)c(Cl)c2)CC1. The van der Waals surface area contributed by atoms with E-state index in [-0.39, 0.29) is 5.56 Å². The zero-order valence-electron chi connectivity index (χ0n) is 11.2. The molecular formula is C15H20ClNO2. The third kappa shape index (κ3) is 3.63. The van der Waals surface area contributed by atoms with Gasteiger partial charge in [-0.2, -0.15) is 0 Å². The van der Waals surface area contributed by atoms with E-state index in [1.54, 1.807) is 18.2 Å². The number of carboxylic acid groups (broad SMARTS) is 1. The minimum Gasteiger partial charge on any atom is -0.478 e. The van der Waals surface area contributed by atoms with Crippen molar-refractivity contribution < 1.29 is 9.90 Å². The van der Waals surface area contributed by atoms with Crippen molar-refractivity contribution in [2.45, 2.75) is 45.1 Å². The van der Waals surface area contributed by atoms with Gasteiger partial charge in [0, 0.05) is 11.7 Å². The third-order valence-corrected chi connectivity index (χ3v) is 4.31. The van der Waals surface area contributed by atoms with Crippen molar-refractivity contribution in [1.82, 2.24) is 0 Å². The van der Waals surface area contributed by atoms with E-state index in [1.165, 1.54) is 32.1 Å². The van der Waals surface area contributed by atoms with Gasteiger partial charge in [0.25, 0.3) is 0 Å². The van der Waals surface area contributed by atoms with Crippen LogP contribution in [0.2, 0.25) is 5.02 Å². The number of halogens is 1. The van der Waals surface area contributed by atoms with E-state index in [0.29, 0.717) is 11.1 Å². The normalized spacial score (nSPS) is 23.1. The Morgan fingerprint density at radius 3 is 2.58 bits per heavy atom. The van der Waals surface area contributed by atoms with Gasteiger partial charge in [-0.1, -0.05) is 24.9 Å². The van der Waals surface area contributed by atoms with Gasteiger partial charge in [0.2, 0.25) is 0 Å². The van der Waals surface area contributed by atoms with Gasteiger partial charge in [-0.15, -0.1) is 0 Å². The lowest BCUT2D eigenvalue weighted by Crippen LogP contribution is -2.25. The first-order valence-electron chi connectivity index (χ1n) is 6.89. The molecule has 0 unspecified atom stereocenters. The largest absolute Gasteiger partial charge is 0.478 e. The van der Waals surface area contributed by atoms with Crippen molar-refractivity contribution in [3.05, 3.63) is 28.8 Å². The van der Waals surface area contributed by atoms with E-state index >= 15 is 0 Å². The summed E-state index contributed by atoms with van der Waals surface area (Å²) in [6.45, 7) is 2.25. The molecule has 0 saturated heterocycles. The highest BCUT2D eigenvalue weighted by Gasteiger charge is 2.20. The van der Waals surface area contributed by atoms with Crippen LogP contribution in [0.5, 0.6) is 0 Å². The van der Waals surface area contributed by atoms with Crippen LogP contribution >= 0.6 is 11.6 Å². The van der Waals surface area contributed by atoms with E-state index in [0.717, 1.165) is 11.6 Å². The number of benzene rings is 1. The van der Waals surface area contributed by atoms with Crippen LogP contribution in [0.15, 0.2) is 18.2 Å². The zero-order chi connectivity index (χ0) is 13.8. The van der Waals surface area contributed by atoms with E-state index in [1.807, 2.05) is 0 Å². The smallest absolute Gasteiger partial charge is 0.337 e. The Hall–Kier alpha value is -1.22. The number of aromatic carboxylic acids is 1. The maximum Gasteiger partial charge on any atom is 0.337 e. The van der Waals surface area contributed by atoms with Crippen molar-refractivity contribution in [2.75, 3.05) is 5.32 Å². The fourth-order valence-electron chi connectivity index (χ4n) is 2.73. The topological polar surface area (TPSA) is 49.3 Å². The molecule has 0 radical (unpaired) electrons. The molecule has 2 rings (SSSR count). The second kappa shape index (κ2) is 6.29. The zero-order valence-corrected chi connectivity index (χ0v) is 11.9. The summed E-state index contributed by atoms with van der Waals surface area (Å²) >= 11 is 5.97. The molecule has 0 heterocycles. The number of nitrogens with one attached hydrogen (secondary N) is 1. The molecule has 0 aliphatic heterocycles. The first kappa shape index (κ1) is 14.2. The number of anilines is 1. The lowest BCUT2D eigenvalue weighted by molar-refractivity contribution is 0.0697. The van der Waals surface area contributed by atoms with Gasteiger partial charge in [0.05, 0.1) is 10.6 Å². The maximum atomic E-state index is 10.9. The molecule has 3 nitrogen and oxygen atoms in total. The second-order valence-corrected chi connectivity index (χ2v) is 5.68. The molecule has 4 heteroatoms. The summed E-state index contributed by atoms with van der Waals surface area (Å²) in [6, 6.07) is 5.54. The van der Waals surface area contributed by atoms with Crippen LogP contribution in [-0.4, -0.2) is 17.1 Å². The average molecular weight is 282 g/mol. The molecule has 1 aliphatic rings. The maximum absolute atomic E-state index is 10.9. The summed E-state index contributed by atoms with van der Waals surface area (Å²) < 4.78 is 0. The Morgan fingerprint density at radius 1 is 1.37 bits per heavy atom. The van der Waals surface area contributed by atoms with Gasteiger partial charge < -0.3 is 10.4 Å². The Kier molecular flexibility index (Phi) is 4.70. The van der Waals surface area contributed by atoms with Gasteiger partial charge >= 0.3 is 5.97 Å². The minimum absolute atomic E-state index is 0.155. The predicted octanol–water partition coefficient (Wildman–Crippen LogP) is 4.42. The molecular weight excluding hydrogens is 262 g/mol. The molecule has 104 valence electrons. The number of hydrogen-bond acceptors (Lipinski definition) is 2. The Labute approximate surface area is 119 Å². The first-order valence-corrected chi connectivity index (χ1v) is 7.27. The molecule has 1 aliphatic carbocycles. The van der Waals surface area contributed by atoms with Crippen LogP contribution in [0.1, 0.15) is 49.4 Å². The first-order chi connectivity index (χ1) is 9.10. The van der Waals surface area contributed by atoms with Crippen molar-refractivity contribution in [2.24, 2.45) is 5.92 Å². The third-order valence-electron chi connectivity index (χ3n) is 3.99. The predicted molar refractivity (Wildman–Crippen MR) is 78.1 cm³/mol. The monoisotopic (exact) mass is 281 g/mol. The molecule has 2 N–H and O–H groups in total. The Morgan fingerprint density at radius 2 is 2.05 bits per heavy atom. The van der Waals surface area contributed by atoms with Crippen LogP contribution in [0.25, 0.3) is 0 Å². The Balaban J connectivity index is 1.97. The van der Waals surface area contributed by atoms with Gasteiger partial charge in [-0.05, 0) is 49.8 Å². The molecule has 0 aromatic heterocycles. The molecule has 1 saturated carbocycles. The fourth-order valence-corrected chi connectivity index (χ4v) is 2.99. The molecule has 0 spiro atoms. The van der Waals surface area contributed by atoms with Crippen LogP contribution in [0.4, 0.5) is 5.69 Å². The quantitative estimate of drug-likeness (QED) is 0.859. The van der Waals surface area contributed by atoms with Crippen molar-refractivity contribution >= 4 is 23.3 Å². The lowest BCUT2D eigenvalue weighted by Gasteiger charge is -2.29. The number of carbonyl (C=O) groups is 1. The molecule has 1 aromatic rings. The molecule has 19 heavy (non-hydrogen) atoms. The average Bonchev–Trinajstić information content (AvgIpc) is 2.39. The summed E-state index contributed by atoms with van der Waals surface area (Å²) in [5.41, 5.74) is 1.07. The van der Waals surface area contributed by atoms with E-state index < -0.39 is 5.97 Å². The molecule has 0 amide bonds. The molecule has 0 atom stereocenters. The van der Waals surface area contributed by atoms with Gasteiger partial charge in [-0.25, -0.2) is 4.79 Å². The fraction of sp³-hybridized carbons (Fsp3) is 0.533. The van der Waals surface area contributed by atoms with Crippen LogP contribution in [0.3, 0.4) is 0 Å². The van der Waals surface area contributed by atoms with Crippen molar-refractivity contribution in [3.63, 3.8) is 0 Å². The highest BCUT2D eigenvalue weighted by molar-refractivity contribution is 6.33. The minimum atomic E-state index is -0.986. The van der Waals surface area contributed by atoms with E-state index in [9.17, 15) is 4.79 Å². The number of carboxylic acids is 1. The number of hydrogen-bond donors (Lipinski definition) is 2. The molecule has 0 bridgehead atoms. The van der Waals surface area contributed by atoms with Gasteiger partial charge in [0.1, 0.15) is 0 Å². The highest BCUT2D eigenvalue weighted by Crippen LogP contribution is 2.29. The summed E-state index contributed by atoms with van der Waals surface area (Å²) in [4.78, 5) is 10.9. The van der Waals surface area contributed by atoms with E-state index in [4.69, 9.17) is 16.7 Å². The molecule has 1 aromatic carbocycles. The summed E-state index contributed by atoms with van der Waals surface area (Å²) in [6.07, 6.45) is 6.17. The Bertz CT molecular complexity index is 453. The second-order valence-electron chi connectivity index (χ2n) is 5.27. The summed E-state index contributed by atoms with van der Waals surface area (Å²) in [5, 5.41) is 12.7. The van der Waals surface area contributed by atoms with Crippen molar-refractivity contribution in [3.8, 4) is 0 Å². The summed E-state index contributed by atoms with van der Waals surface area (Å²) in [7, 11) is 0. The van der Waals surface area contributed by atoms with Gasteiger partial charge in [-0.3, -0.25) is 0 Å². The van der Waals surface area contributed by atoms with Crippen LogP contribution in [-0.2, 0) is 0 Å². The van der Waals surface area contributed by atoms with E-state index in [2.05, 4.69) is 12.2 Å². The highest BCUT2D eigenvalue weighted by atomic mass is 35.5. The van der Waals surface area contributed by atoms with Crippen molar-refractivity contribution in [1.29, 1.82) is 0 Å². The number of rotatable bonds is 4. The van der Waals surface area contributed by atoms with Crippen LogP contribution < -0.4 is 5.32 Å². The lowest BCUT2D eigenvalue weighted by atomic mass is 9.84.